The van der Waals surface area contributed by atoms with E-state index in [0.29, 0.717) is 6.61 Å². The van der Waals surface area contributed by atoms with Crippen LogP contribution in [0.1, 0.15) is 0 Å². The summed E-state index contributed by atoms with van der Waals surface area (Å²) in [5, 5.41) is 0. The van der Waals surface area contributed by atoms with Gasteiger partial charge in [-0.25, -0.2) is 0 Å². The zero-order valence-electron chi connectivity index (χ0n) is 4.54. The summed E-state index contributed by atoms with van der Waals surface area (Å²) in [5.41, 5.74) is 0. The fraction of sp³-hybridized carbons (Fsp3) is 0.200. The van der Waals surface area contributed by atoms with E-state index in [9.17, 15) is 0 Å². The van der Waals surface area contributed by atoms with Crippen LogP contribution in [0.15, 0.2) is 24.5 Å². The molecule has 0 atom stereocenters. The molecule has 0 saturated carbocycles. The van der Waals surface area contributed by atoms with Crippen LogP contribution in [0.5, 0.6) is 0 Å². The summed E-state index contributed by atoms with van der Waals surface area (Å²) in [5.74, 6) is 0. The third kappa shape index (κ3) is 1.95. The van der Waals surface area contributed by atoms with E-state index in [4.69, 9.17) is 8.85 Å². The SMILES string of the molecule is C1=C\CO[SiH2]O\C=C/1. The van der Waals surface area contributed by atoms with Crippen LogP contribution in [0.4, 0.5) is 0 Å². The van der Waals surface area contributed by atoms with Gasteiger partial charge in [-0.05, 0) is 6.08 Å². The molecule has 0 amide bonds. The van der Waals surface area contributed by atoms with E-state index < -0.39 is 10.0 Å². The molecule has 0 aromatic heterocycles. The molecular formula is C5H8O2Si. The minimum Gasteiger partial charge on any atom is -0.531 e. The molecule has 0 unspecified atom stereocenters. The first-order chi connectivity index (χ1) is 4.00. The van der Waals surface area contributed by atoms with Gasteiger partial charge in [-0.2, -0.15) is 0 Å². The highest BCUT2D eigenvalue weighted by Crippen LogP contribution is 1.85. The minimum absolute atomic E-state index is 0.687. The van der Waals surface area contributed by atoms with Gasteiger partial charge in [0, 0.05) is 0 Å². The van der Waals surface area contributed by atoms with Crippen molar-refractivity contribution >= 4 is 10.0 Å². The molecule has 0 spiro atoms. The summed E-state index contributed by atoms with van der Waals surface area (Å²) in [7, 11) is -0.687. The van der Waals surface area contributed by atoms with Crippen LogP contribution < -0.4 is 0 Å². The number of rotatable bonds is 0. The maximum atomic E-state index is 5.05. The van der Waals surface area contributed by atoms with Gasteiger partial charge >= 0.3 is 10.0 Å². The van der Waals surface area contributed by atoms with Crippen LogP contribution in [0, 0.1) is 0 Å². The average molecular weight is 128 g/mol. The first kappa shape index (κ1) is 5.59. The van der Waals surface area contributed by atoms with Crippen molar-refractivity contribution in [1.82, 2.24) is 0 Å². The van der Waals surface area contributed by atoms with E-state index in [0.717, 1.165) is 0 Å². The first-order valence-electron chi connectivity index (χ1n) is 2.51. The van der Waals surface area contributed by atoms with Crippen molar-refractivity contribution in [3.63, 3.8) is 0 Å². The van der Waals surface area contributed by atoms with E-state index in [-0.39, 0.29) is 0 Å². The van der Waals surface area contributed by atoms with Gasteiger partial charge < -0.3 is 8.85 Å². The van der Waals surface area contributed by atoms with Gasteiger partial charge in [-0.1, -0.05) is 12.2 Å². The summed E-state index contributed by atoms with van der Waals surface area (Å²) in [6.07, 6.45) is 7.41. The average Bonchev–Trinajstić information content (AvgIpc) is 1.62. The molecule has 0 radical (unpaired) electrons. The van der Waals surface area contributed by atoms with Crippen molar-refractivity contribution in [2.75, 3.05) is 6.61 Å². The lowest BCUT2D eigenvalue weighted by Crippen LogP contribution is -2.01. The van der Waals surface area contributed by atoms with Gasteiger partial charge in [-0.3, -0.25) is 0 Å². The lowest BCUT2D eigenvalue weighted by Gasteiger charge is -2.00. The minimum atomic E-state index is -0.687. The highest BCUT2D eigenvalue weighted by atomic mass is 28.3. The summed E-state index contributed by atoms with van der Waals surface area (Å²) in [4.78, 5) is 0. The molecule has 2 nitrogen and oxygen atoms in total. The molecule has 0 bridgehead atoms. The number of hydrogen-bond donors (Lipinski definition) is 0. The highest BCUT2D eigenvalue weighted by Gasteiger charge is 1.84. The molecule has 0 saturated heterocycles. The predicted molar refractivity (Wildman–Crippen MR) is 33.9 cm³/mol. The predicted octanol–water partition coefficient (Wildman–Crippen LogP) is 0.102. The molecule has 3 heteroatoms. The number of allylic oxidation sites excluding steroid dienone is 2. The van der Waals surface area contributed by atoms with Crippen molar-refractivity contribution in [2.24, 2.45) is 0 Å². The Bertz CT molecular complexity index is 95.0. The highest BCUT2D eigenvalue weighted by molar-refractivity contribution is 6.18. The van der Waals surface area contributed by atoms with Crippen molar-refractivity contribution < 1.29 is 8.85 Å². The van der Waals surface area contributed by atoms with Crippen LogP contribution in [0.25, 0.3) is 0 Å². The molecule has 0 N–H and O–H groups in total. The van der Waals surface area contributed by atoms with Crippen molar-refractivity contribution in [2.45, 2.75) is 0 Å². The van der Waals surface area contributed by atoms with Gasteiger partial charge in [0.15, 0.2) is 0 Å². The van der Waals surface area contributed by atoms with E-state index >= 15 is 0 Å². The topological polar surface area (TPSA) is 18.5 Å². The smallest absolute Gasteiger partial charge is 0.365 e. The summed E-state index contributed by atoms with van der Waals surface area (Å²) < 4.78 is 10.0. The summed E-state index contributed by atoms with van der Waals surface area (Å²) >= 11 is 0. The fourth-order valence-corrected chi connectivity index (χ4v) is 0.957. The van der Waals surface area contributed by atoms with Gasteiger partial charge in [0.25, 0.3) is 0 Å². The van der Waals surface area contributed by atoms with Crippen LogP contribution in [-0.4, -0.2) is 16.6 Å². The standard InChI is InChI=1S/C5H8O2Si/c1-2-4-6-8-7-5-3-1/h1-4H,5,8H2/b3-1-,4-2-. The molecule has 0 aliphatic carbocycles. The lowest BCUT2D eigenvalue weighted by molar-refractivity contribution is 0.303. The second kappa shape index (κ2) is 3.46. The normalized spacial score (nSPS) is 30.0. The fourth-order valence-electron chi connectivity index (χ4n) is 0.439. The first-order valence-corrected chi connectivity index (χ1v) is 3.66. The second-order valence-electron chi connectivity index (χ2n) is 1.41. The second-order valence-corrected chi connectivity index (χ2v) is 2.39. The molecule has 1 rings (SSSR count). The Morgan fingerprint density at radius 2 is 2.38 bits per heavy atom. The van der Waals surface area contributed by atoms with Crippen LogP contribution in [0.3, 0.4) is 0 Å². The van der Waals surface area contributed by atoms with Crippen LogP contribution in [0.2, 0.25) is 0 Å². The van der Waals surface area contributed by atoms with Crippen molar-refractivity contribution in [1.29, 1.82) is 0 Å². The summed E-state index contributed by atoms with van der Waals surface area (Å²) in [6.45, 7) is 0.705. The number of hydrogen-bond acceptors (Lipinski definition) is 2. The Balaban J connectivity index is 2.33. The largest absolute Gasteiger partial charge is 0.531 e. The molecule has 8 heavy (non-hydrogen) atoms. The molecule has 0 fully saturated rings. The van der Waals surface area contributed by atoms with Crippen LogP contribution in [-0.2, 0) is 8.85 Å². The molecule has 44 valence electrons. The Hall–Kier alpha value is -0.543. The molecular weight excluding hydrogens is 120 g/mol. The van der Waals surface area contributed by atoms with E-state index in [1.54, 1.807) is 6.26 Å². The van der Waals surface area contributed by atoms with Gasteiger partial charge in [0.2, 0.25) is 0 Å². The van der Waals surface area contributed by atoms with Gasteiger partial charge in [-0.15, -0.1) is 0 Å². The Morgan fingerprint density at radius 1 is 1.38 bits per heavy atom. The molecule has 1 aliphatic rings. The zero-order valence-corrected chi connectivity index (χ0v) is 5.95. The molecule has 1 heterocycles. The van der Waals surface area contributed by atoms with Gasteiger partial charge in [0.1, 0.15) is 0 Å². The quantitative estimate of drug-likeness (QED) is 0.431. The van der Waals surface area contributed by atoms with E-state index in [1.165, 1.54) is 0 Å². The monoisotopic (exact) mass is 128 g/mol. The third-order valence-electron chi connectivity index (χ3n) is 0.787. The van der Waals surface area contributed by atoms with Gasteiger partial charge in [0.05, 0.1) is 12.9 Å². The maximum Gasteiger partial charge on any atom is 0.365 e. The third-order valence-corrected chi connectivity index (χ3v) is 1.52. The molecule has 0 aromatic rings. The molecule has 1 aliphatic heterocycles. The van der Waals surface area contributed by atoms with Crippen molar-refractivity contribution in [3.05, 3.63) is 24.5 Å². The molecule has 0 aromatic carbocycles. The summed E-state index contributed by atoms with van der Waals surface area (Å²) in [6, 6.07) is 0. The Morgan fingerprint density at radius 3 is 3.38 bits per heavy atom. The zero-order chi connectivity index (χ0) is 5.66. The Kier molecular flexibility index (Phi) is 2.42. The van der Waals surface area contributed by atoms with Crippen LogP contribution >= 0.6 is 0 Å². The van der Waals surface area contributed by atoms with Crippen molar-refractivity contribution in [3.8, 4) is 0 Å². The lowest BCUT2D eigenvalue weighted by atomic mass is 10.5. The maximum absolute atomic E-state index is 5.05. The van der Waals surface area contributed by atoms with E-state index in [1.807, 2.05) is 18.2 Å². The Labute approximate surface area is 50.9 Å². The van der Waals surface area contributed by atoms with E-state index in [2.05, 4.69) is 0 Å².